The molecule has 1 aliphatic rings. The van der Waals surface area contributed by atoms with Gasteiger partial charge in [0.1, 0.15) is 35.5 Å². The van der Waals surface area contributed by atoms with Crippen LogP contribution in [-0.4, -0.2) is 24.6 Å². The number of hydrogen-bond donors (Lipinski definition) is 4. The SMILES string of the molecule is C=C1NC(=O)NC(C(=O)N[C@H](C)COc2cccc(F)c2C#N)=C1N. The van der Waals surface area contributed by atoms with Crippen LogP contribution in [0.15, 0.2) is 41.9 Å². The minimum atomic E-state index is -0.689. The lowest BCUT2D eigenvalue weighted by molar-refractivity contribution is -0.118. The Morgan fingerprint density at radius 3 is 2.92 bits per heavy atom. The number of amides is 3. The van der Waals surface area contributed by atoms with Gasteiger partial charge in [-0.2, -0.15) is 5.26 Å². The van der Waals surface area contributed by atoms with Gasteiger partial charge in [-0.05, 0) is 19.1 Å². The first-order chi connectivity index (χ1) is 11.8. The third-order valence-corrected chi connectivity index (χ3v) is 3.28. The maximum Gasteiger partial charge on any atom is 0.323 e. The van der Waals surface area contributed by atoms with Gasteiger partial charge in [0.05, 0.1) is 17.4 Å². The second-order valence-electron chi connectivity index (χ2n) is 5.26. The smallest absolute Gasteiger partial charge is 0.323 e. The topological polar surface area (TPSA) is 129 Å². The van der Waals surface area contributed by atoms with Crippen LogP contribution in [0.5, 0.6) is 5.75 Å². The van der Waals surface area contributed by atoms with Gasteiger partial charge in [0.15, 0.2) is 0 Å². The molecule has 1 aliphatic heterocycles. The van der Waals surface area contributed by atoms with Crippen molar-refractivity contribution in [2.45, 2.75) is 13.0 Å². The molecule has 1 aromatic rings. The molecule has 0 bridgehead atoms. The van der Waals surface area contributed by atoms with Crippen molar-refractivity contribution in [2.75, 3.05) is 6.61 Å². The summed E-state index contributed by atoms with van der Waals surface area (Å²) in [6.07, 6.45) is 0. The third-order valence-electron chi connectivity index (χ3n) is 3.28. The molecule has 0 radical (unpaired) electrons. The van der Waals surface area contributed by atoms with E-state index in [-0.39, 0.29) is 35.0 Å². The molecule has 0 unspecified atom stereocenters. The van der Waals surface area contributed by atoms with Gasteiger partial charge in [0.25, 0.3) is 5.91 Å². The Morgan fingerprint density at radius 2 is 2.24 bits per heavy atom. The van der Waals surface area contributed by atoms with E-state index in [1.54, 1.807) is 13.0 Å². The molecular weight excluding hydrogens is 329 g/mol. The van der Waals surface area contributed by atoms with E-state index in [9.17, 15) is 14.0 Å². The molecule has 130 valence electrons. The number of urea groups is 1. The van der Waals surface area contributed by atoms with Gasteiger partial charge in [-0.1, -0.05) is 12.6 Å². The molecule has 1 heterocycles. The lowest BCUT2D eigenvalue weighted by Crippen LogP contribution is -2.49. The lowest BCUT2D eigenvalue weighted by atomic mass is 10.2. The van der Waals surface area contributed by atoms with E-state index < -0.39 is 23.8 Å². The quantitative estimate of drug-likeness (QED) is 0.620. The third kappa shape index (κ3) is 4.06. The molecule has 5 N–H and O–H groups in total. The predicted octanol–water partition coefficient (Wildman–Crippen LogP) is 0.578. The van der Waals surface area contributed by atoms with E-state index in [0.29, 0.717) is 0 Å². The number of benzene rings is 1. The molecule has 0 aromatic heterocycles. The number of nitriles is 1. The normalized spacial score (nSPS) is 14.9. The van der Waals surface area contributed by atoms with Crippen LogP contribution in [0.2, 0.25) is 0 Å². The number of rotatable bonds is 5. The number of nitrogens with zero attached hydrogens (tertiary/aromatic N) is 1. The largest absolute Gasteiger partial charge is 0.490 e. The molecule has 8 nitrogen and oxygen atoms in total. The van der Waals surface area contributed by atoms with Gasteiger partial charge in [-0.25, -0.2) is 9.18 Å². The van der Waals surface area contributed by atoms with E-state index in [0.717, 1.165) is 6.07 Å². The van der Waals surface area contributed by atoms with Crippen molar-refractivity contribution < 1.29 is 18.7 Å². The molecule has 1 aromatic carbocycles. The van der Waals surface area contributed by atoms with E-state index in [1.165, 1.54) is 12.1 Å². The molecule has 0 saturated carbocycles. The van der Waals surface area contributed by atoms with Crippen molar-refractivity contribution >= 4 is 11.9 Å². The molecular formula is C16H16FN5O3. The fraction of sp³-hybridized carbons (Fsp3) is 0.188. The van der Waals surface area contributed by atoms with Gasteiger partial charge in [0, 0.05) is 0 Å². The van der Waals surface area contributed by atoms with Crippen LogP contribution in [0.3, 0.4) is 0 Å². The zero-order valence-electron chi connectivity index (χ0n) is 13.4. The predicted molar refractivity (Wildman–Crippen MR) is 86.2 cm³/mol. The van der Waals surface area contributed by atoms with Gasteiger partial charge in [0.2, 0.25) is 0 Å². The molecule has 1 atom stereocenters. The zero-order chi connectivity index (χ0) is 18.6. The number of halogens is 1. The number of carbonyl (C=O) groups excluding carboxylic acids is 2. The van der Waals surface area contributed by atoms with Crippen LogP contribution in [0.1, 0.15) is 12.5 Å². The van der Waals surface area contributed by atoms with Crippen LogP contribution in [0.4, 0.5) is 9.18 Å². The Hall–Kier alpha value is -3.54. The van der Waals surface area contributed by atoms with Crippen LogP contribution in [0.25, 0.3) is 0 Å². The Balaban J connectivity index is 2.00. The highest BCUT2D eigenvalue weighted by atomic mass is 19.1. The number of ether oxygens (including phenoxy) is 1. The summed E-state index contributed by atoms with van der Waals surface area (Å²) in [5, 5.41) is 16.2. The van der Waals surface area contributed by atoms with Crippen molar-refractivity contribution in [1.82, 2.24) is 16.0 Å². The summed E-state index contributed by atoms with van der Waals surface area (Å²) < 4.78 is 18.9. The first kappa shape index (κ1) is 17.8. The van der Waals surface area contributed by atoms with E-state index >= 15 is 0 Å². The van der Waals surface area contributed by atoms with Crippen LogP contribution in [-0.2, 0) is 4.79 Å². The summed E-state index contributed by atoms with van der Waals surface area (Å²) in [4.78, 5) is 23.6. The highest BCUT2D eigenvalue weighted by molar-refractivity contribution is 6.00. The standard InChI is InChI=1S/C16H16FN5O3/c1-8(7-25-12-5-3-4-11(17)10(12)6-18)20-15(23)14-13(19)9(2)21-16(24)22-14/h3-5,8H,2,7,19H2,1H3,(H,20,23)(H2,21,22,24)/t8-/m1/s1. The lowest BCUT2D eigenvalue weighted by Gasteiger charge is -2.22. The molecule has 25 heavy (non-hydrogen) atoms. The first-order valence-corrected chi connectivity index (χ1v) is 7.22. The number of hydrogen-bond acceptors (Lipinski definition) is 5. The minimum absolute atomic E-state index is 0.0158. The van der Waals surface area contributed by atoms with Crippen LogP contribution in [0, 0.1) is 17.1 Å². The summed E-state index contributed by atoms with van der Waals surface area (Å²) in [5.74, 6) is -1.24. The van der Waals surface area contributed by atoms with Crippen molar-refractivity contribution in [3.05, 3.63) is 53.2 Å². The Morgan fingerprint density at radius 1 is 1.52 bits per heavy atom. The van der Waals surface area contributed by atoms with Gasteiger partial charge >= 0.3 is 6.03 Å². The molecule has 9 heteroatoms. The average Bonchev–Trinajstić information content (AvgIpc) is 2.56. The molecule has 0 saturated heterocycles. The monoisotopic (exact) mass is 345 g/mol. The fourth-order valence-corrected chi connectivity index (χ4v) is 2.03. The average molecular weight is 345 g/mol. The molecule has 0 fully saturated rings. The van der Waals surface area contributed by atoms with Crippen molar-refractivity contribution in [2.24, 2.45) is 5.73 Å². The van der Waals surface area contributed by atoms with Gasteiger partial charge in [-0.15, -0.1) is 0 Å². The Labute approximate surface area is 143 Å². The van der Waals surface area contributed by atoms with Gasteiger partial charge < -0.3 is 26.4 Å². The maximum atomic E-state index is 13.5. The summed E-state index contributed by atoms with van der Waals surface area (Å²) >= 11 is 0. The molecule has 3 amide bonds. The van der Waals surface area contributed by atoms with E-state index in [2.05, 4.69) is 22.5 Å². The zero-order valence-corrected chi connectivity index (χ0v) is 13.4. The van der Waals surface area contributed by atoms with Crippen molar-refractivity contribution in [3.63, 3.8) is 0 Å². The fourth-order valence-electron chi connectivity index (χ4n) is 2.03. The van der Waals surface area contributed by atoms with Crippen LogP contribution < -0.4 is 26.4 Å². The highest BCUT2D eigenvalue weighted by Gasteiger charge is 2.24. The van der Waals surface area contributed by atoms with Gasteiger partial charge in [-0.3, -0.25) is 4.79 Å². The summed E-state index contributed by atoms with van der Waals surface area (Å²) in [7, 11) is 0. The van der Waals surface area contributed by atoms with E-state index in [1.807, 2.05) is 0 Å². The molecule has 0 spiro atoms. The molecule has 0 aliphatic carbocycles. The van der Waals surface area contributed by atoms with Crippen molar-refractivity contribution in [1.29, 1.82) is 5.26 Å². The minimum Gasteiger partial charge on any atom is -0.490 e. The second-order valence-corrected chi connectivity index (χ2v) is 5.26. The van der Waals surface area contributed by atoms with Crippen LogP contribution >= 0.6 is 0 Å². The highest BCUT2D eigenvalue weighted by Crippen LogP contribution is 2.20. The Kier molecular flexibility index (Phi) is 5.24. The van der Waals surface area contributed by atoms with E-state index in [4.69, 9.17) is 15.7 Å². The number of carbonyl (C=O) groups is 2. The second kappa shape index (κ2) is 7.35. The molecule has 2 rings (SSSR count). The summed E-state index contributed by atoms with van der Waals surface area (Å²) in [6.45, 7) is 5.15. The maximum absolute atomic E-state index is 13.5. The number of nitrogens with one attached hydrogen (secondary N) is 3. The summed E-state index contributed by atoms with van der Waals surface area (Å²) in [5.41, 5.74) is 5.52. The van der Waals surface area contributed by atoms with Crippen molar-refractivity contribution in [3.8, 4) is 11.8 Å². The first-order valence-electron chi connectivity index (χ1n) is 7.22. The number of nitrogens with two attached hydrogens (primary N) is 1. The summed E-state index contributed by atoms with van der Waals surface area (Å²) in [6, 6.07) is 4.61. The Bertz CT molecular complexity index is 812.